The van der Waals surface area contributed by atoms with Gasteiger partial charge in [0.25, 0.3) is 0 Å². The molecule has 5 rings (SSSR count). The Kier molecular flexibility index (Phi) is 9.28. The van der Waals surface area contributed by atoms with Crippen molar-refractivity contribution in [1.82, 2.24) is 19.9 Å². The van der Waals surface area contributed by atoms with E-state index in [1.54, 1.807) is 16.8 Å². The zero-order chi connectivity index (χ0) is 32.5. The predicted molar refractivity (Wildman–Crippen MR) is 175 cm³/mol. The number of benzene rings is 3. The lowest BCUT2D eigenvalue weighted by Crippen LogP contribution is -2.41. The lowest BCUT2D eigenvalue weighted by atomic mass is 9.85. The summed E-state index contributed by atoms with van der Waals surface area (Å²) in [5, 5.41) is 8.26. The van der Waals surface area contributed by atoms with Crippen molar-refractivity contribution >= 4 is 31.4 Å². The van der Waals surface area contributed by atoms with E-state index in [9.17, 15) is 9.59 Å². The molecule has 45 heavy (non-hydrogen) atoms. The van der Waals surface area contributed by atoms with Crippen LogP contribution in [0.25, 0.3) is 11.0 Å². The van der Waals surface area contributed by atoms with Crippen LogP contribution in [-0.2, 0) is 33.5 Å². The van der Waals surface area contributed by atoms with Crippen LogP contribution in [0.2, 0.25) is 18.1 Å². The van der Waals surface area contributed by atoms with Gasteiger partial charge in [0.2, 0.25) is 5.91 Å². The summed E-state index contributed by atoms with van der Waals surface area (Å²) in [6.45, 7) is 16.0. The van der Waals surface area contributed by atoms with Crippen LogP contribution in [0.15, 0.2) is 60.7 Å². The van der Waals surface area contributed by atoms with E-state index in [2.05, 4.69) is 44.2 Å². The summed E-state index contributed by atoms with van der Waals surface area (Å²) in [7, 11) is -2.04. The van der Waals surface area contributed by atoms with Crippen molar-refractivity contribution < 1.29 is 23.1 Å². The third-order valence-corrected chi connectivity index (χ3v) is 13.9. The molecule has 0 spiro atoms. The van der Waals surface area contributed by atoms with Crippen molar-refractivity contribution in [3.05, 3.63) is 94.3 Å². The fraction of sp³-hybridized carbons (Fsp3) is 0.429. The normalized spacial score (nSPS) is 16.3. The molecule has 0 saturated carbocycles. The molecule has 0 aliphatic carbocycles. The highest BCUT2D eigenvalue weighted by Gasteiger charge is 2.40. The Morgan fingerprint density at radius 1 is 1.13 bits per heavy atom. The number of amides is 2. The Bertz CT molecular complexity index is 1700. The molecule has 4 aromatic rings. The van der Waals surface area contributed by atoms with E-state index in [-0.39, 0.29) is 23.6 Å². The van der Waals surface area contributed by atoms with E-state index in [1.807, 2.05) is 62.4 Å². The van der Waals surface area contributed by atoms with Crippen LogP contribution in [0.4, 0.5) is 9.18 Å². The van der Waals surface area contributed by atoms with Gasteiger partial charge in [0.1, 0.15) is 12.1 Å². The van der Waals surface area contributed by atoms with Crippen LogP contribution in [0.5, 0.6) is 0 Å². The van der Waals surface area contributed by atoms with Gasteiger partial charge < -0.3 is 9.16 Å². The van der Waals surface area contributed by atoms with E-state index < -0.39 is 38.1 Å². The van der Waals surface area contributed by atoms with Crippen LogP contribution in [0.1, 0.15) is 67.9 Å². The highest BCUT2D eigenvalue weighted by atomic mass is 28.4. The van der Waals surface area contributed by atoms with Crippen molar-refractivity contribution in [1.29, 1.82) is 0 Å². The summed E-state index contributed by atoms with van der Waals surface area (Å²) < 4.78 is 29.8. The second-order valence-electron chi connectivity index (χ2n) is 13.4. The summed E-state index contributed by atoms with van der Waals surface area (Å²) in [6.07, 6.45) is -0.326. The van der Waals surface area contributed by atoms with E-state index >= 15 is 4.39 Å². The minimum absolute atomic E-state index is 0.0442. The first kappa shape index (κ1) is 32.5. The number of imide groups is 1. The van der Waals surface area contributed by atoms with Crippen LogP contribution < -0.4 is 0 Å². The van der Waals surface area contributed by atoms with Gasteiger partial charge in [-0.2, -0.15) is 0 Å². The molecule has 1 unspecified atom stereocenters. The van der Waals surface area contributed by atoms with Crippen LogP contribution >= 0.6 is 0 Å². The number of aromatic nitrogens is 3. The number of hydrogen-bond acceptors (Lipinski definition) is 6. The first-order valence-electron chi connectivity index (χ1n) is 15.6. The lowest BCUT2D eigenvalue weighted by molar-refractivity contribution is -0.129. The lowest BCUT2D eigenvalue weighted by Gasteiger charge is -2.36. The fourth-order valence-corrected chi connectivity index (χ4v) is 6.49. The van der Waals surface area contributed by atoms with Crippen molar-refractivity contribution in [2.75, 3.05) is 6.61 Å². The first-order chi connectivity index (χ1) is 21.3. The molecule has 2 heterocycles. The summed E-state index contributed by atoms with van der Waals surface area (Å²) in [4.78, 5) is 28.1. The minimum atomic E-state index is -2.04. The number of hydrogen-bond donors (Lipinski definition) is 0. The average Bonchev–Trinajstić information content (AvgIpc) is 3.59. The molecule has 1 aliphatic rings. The number of halogens is 1. The molecule has 0 N–H and O–H groups in total. The van der Waals surface area contributed by atoms with E-state index in [4.69, 9.17) is 9.16 Å². The van der Waals surface area contributed by atoms with Gasteiger partial charge in [-0.3, -0.25) is 4.79 Å². The molecule has 0 bridgehead atoms. The number of nitrogens with zero attached hydrogens (tertiary/aromatic N) is 4. The molecule has 2 amide bonds. The topological polar surface area (TPSA) is 86.6 Å². The monoisotopic (exact) mass is 630 g/mol. The fourth-order valence-electron chi connectivity index (χ4n) is 5.54. The van der Waals surface area contributed by atoms with Crippen LogP contribution in [0, 0.1) is 12.7 Å². The van der Waals surface area contributed by atoms with Gasteiger partial charge in [-0.05, 0) is 72.3 Å². The number of carbonyl (C=O) groups excluding carboxylic acids is 2. The molecule has 3 aromatic carbocycles. The van der Waals surface area contributed by atoms with E-state index in [0.717, 1.165) is 22.3 Å². The van der Waals surface area contributed by atoms with Crippen molar-refractivity contribution in [2.24, 2.45) is 0 Å². The third kappa shape index (κ3) is 6.72. The summed E-state index contributed by atoms with van der Waals surface area (Å²) >= 11 is 0. The molecule has 8 nitrogen and oxygen atoms in total. The molecule has 1 aromatic heterocycles. The molecule has 1 aliphatic heterocycles. The van der Waals surface area contributed by atoms with Gasteiger partial charge in [0.15, 0.2) is 14.1 Å². The molecular weight excluding hydrogens is 587 g/mol. The second kappa shape index (κ2) is 12.8. The van der Waals surface area contributed by atoms with Crippen molar-refractivity contribution in [3.8, 4) is 0 Å². The quantitative estimate of drug-likeness (QED) is 0.168. The first-order valence-corrected chi connectivity index (χ1v) is 18.5. The van der Waals surface area contributed by atoms with Crippen molar-refractivity contribution in [3.63, 3.8) is 0 Å². The van der Waals surface area contributed by atoms with Gasteiger partial charge in [0, 0.05) is 18.9 Å². The Hall–Kier alpha value is -3.89. The van der Waals surface area contributed by atoms with Gasteiger partial charge in [-0.15, -0.1) is 5.10 Å². The number of ether oxygens (including phenoxy) is 1. The summed E-state index contributed by atoms with van der Waals surface area (Å²) in [5.74, 6) is -1.62. The number of aryl methyl sites for hydroxylation is 2. The number of carbonyl (C=O) groups is 2. The zero-order valence-electron chi connectivity index (χ0n) is 27.3. The zero-order valence-corrected chi connectivity index (χ0v) is 28.3. The summed E-state index contributed by atoms with van der Waals surface area (Å²) in [6, 6.07) is 18.7. The molecule has 1 saturated heterocycles. The average molecular weight is 631 g/mol. The number of cyclic esters (lactones) is 1. The Morgan fingerprint density at radius 3 is 2.56 bits per heavy atom. The minimum Gasteiger partial charge on any atom is -0.447 e. The standard InChI is InChI=1S/C35H43FN4O4Si/c1-8-39-30-17-16-28(32(36)33(30)37-38-39)29(25-15-14-23(2)26(19-25)21-44-45(6,7)35(3,4)5)20-31(41)40-27(22-43-34(40)42)18-24-12-10-9-11-13-24/h9-17,19,27,29H,8,18,20-22H2,1-7H3/t27-,29?/m1/s1. The molecule has 2 atom stereocenters. The molecule has 238 valence electrons. The van der Waals surface area contributed by atoms with E-state index in [1.165, 1.54) is 4.90 Å². The highest BCUT2D eigenvalue weighted by molar-refractivity contribution is 6.74. The van der Waals surface area contributed by atoms with Gasteiger partial charge in [-0.25, -0.2) is 18.8 Å². The maximum Gasteiger partial charge on any atom is 0.416 e. The highest BCUT2D eigenvalue weighted by Crippen LogP contribution is 2.38. The maximum atomic E-state index is 16.3. The van der Waals surface area contributed by atoms with Crippen LogP contribution in [-0.4, -0.2) is 52.9 Å². The van der Waals surface area contributed by atoms with E-state index in [0.29, 0.717) is 30.7 Å². The Labute approximate surface area is 265 Å². The largest absolute Gasteiger partial charge is 0.447 e. The molecule has 10 heteroatoms. The van der Waals surface area contributed by atoms with Gasteiger partial charge >= 0.3 is 6.09 Å². The van der Waals surface area contributed by atoms with Crippen molar-refractivity contribution in [2.45, 2.75) is 90.7 Å². The SMILES string of the molecule is CCn1nnc2c(F)c(C(CC(=O)N3C(=O)OC[C@H]3Cc3ccccc3)c3ccc(C)c(CO[Si](C)(C)C(C)(C)C)c3)ccc21. The smallest absolute Gasteiger partial charge is 0.416 e. The third-order valence-electron chi connectivity index (χ3n) is 9.42. The Morgan fingerprint density at radius 2 is 1.87 bits per heavy atom. The molecular formula is C35H43FN4O4Si. The number of rotatable bonds is 10. The molecule has 1 fully saturated rings. The second-order valence-corrected chi connectivity index (χ2v) is 18.2. The van der Waals surface area contributed by atoms with Crippen LogP contribution in [0.3, 0.4) is 0 Å². The predicted octanol–water partition coefficient (Wildman–Crippen LogP) is 7.53. The van der Waals surface area contributed by atoms with Gasteiger partial charge in [0.05, 0.1) is 18.2 Å². The van der Waals surface area contributed by atoms with Gasteiger partial charge in [-0.1, -0.05) is 80.6 Å². The molecule has 0 radical (unpaired) electrons. The Balaban J connectivity index is 1.52. The maximum absolute atomic E-state index is 16.3. The number of fused-ring (bicyclic) bond motifs is 1. The summed E-state index contributed by atoms with van der Waals surface area (Å²) in [5.41, 5.74) is 4.86.